The van der Waals surface area contributed by atoms with Crippen molar-refractivity contribution >= 4 is 11.6 Å². The molecule has 4 nitrogen and oxygen atoms in total. The zero-order chi connectivity index (χ0) is 13.9. The second-order valence-corrected chi connectivity index (χ2v) is 4.74. The Labute approximate surface area is 117 Å². The SMILES string of the molecule is NCc1ccccc1NC(=O)c1ccc2c(c1)CCO2. The fourth-order valence-corrected chi connectivity index (χ4v) is 2.34. The molecule has 2 aromatic rings. The van der Waals surface area contributed by atoms with Crippen molar-refractivity contribution in [3.05, 3.63) is 59.2 Å². The van der Waals surface area contributed by atoms with Crippen LogP contribution in [0.25, 0.3) is 0 Å². The topological polar surface area (TPSA) is 64.3 Å². The summed E-state index contributed by atoms with van der Waals surface area (Å²) >= 11 is 0. The van der Waals surface area contributed by atoms with Crippen molar-refractivity contribution in [1.82, 2.24) is 0 Å². The van der Waals surface area contributed by atoms with E-state index in [1.807, 2.05) is 36.4 Å². The van der Waals surface area contributed by atoms with Gasteiger partial charge in [-0.25, -0.2) is 0 Å². The van der Waals surface area contributed by atoms with Gasteiger partial charge < -0.3 is 15.8 Å². The monoisotopic (exact) mass is 268 g/mol. The number of amides is 1. The number of carbonyl (C=O) groups excluding carboxylic acids is 1. The van der Waals surface area contributed by atoms with Gasteiger partial charge in [0, 0.05) is 24.2 Å². The normalized spacial score (nSPS) is 12.7. The zero-order valence-electron chi connectivity index (χ0n) is 11.1. The predicted octanol–water partition coefficient (Wildman–Crippen LogP) is 2.33. The quantitative estimate of drug-likeness (QED) is 0.898. The Bertz CT molecular complexity index is 653. The van der Waals surface area contributed by atoms with Gasteiger partial charge in [-0.05, 0) is 35.4 Å². The lowest BCUT2D eigenvalue weighted by Gasteiger charge is -2.10. The maximum absolute atomic E-state index is 12.3. The van der Waals surface area contributed by atoms with Crippen molar-refractivity contribution in [3.63, 3.8) is 0 Å². The molecule has 1 heterocycles. The average molecular weight is 268 g/mol. The standard InChI is InChI=1S/C16H16N2O2/c17-10-13-3-1-2-4-14(13)18-16(19)12-5-6-15-11(9-12)7-8-20-15/h1-6,9H,7-8,10,17H2,(H,18,19). The molecule has 0 aromatic heterocycles. The van der Waals surface area contributed by atoms with Gasteiger partial charge in [-0.15, -0.1) is 0 Å². The highest BCUT2D eigenvalue weighted by molar-refractivity contribution is 6.04. The third-order valence-corrected chi connectivity index (χ3v) is 3.44. The van der Waals surface area contributed by atoms with E-state index < -0.39 is 0 Å². The molecule has 0 saturated heterocycles. The van der Waals surface area contributed by atoms with Gasteiger partial charge in [-0.3, -0.25) is 4.79 Å². The number of carbonyl (C=O) groups is 1. The second-order valence-electron chi connectivity index (χ2n) is 4.74. The van der Waals surface area contributed by atoms with Crippen molar-refractivity contribution in [3.8, 4) is 5.75 Å². The van der Waals surface area contributed by atoms with Gasteiger partial charge in [0.25, 0.3) is 5.91 Å². The van der Waals surface area contributed by atoms with E-state index in [0.717, 1.165) is 29.0 Å². The van der Waals surface area contributed by atoms with E-state index >= 15 is 0 Å². The molecule has 0 bridgehead atoms. The summed E-state index contributed by atoms with van der Waals surface area (Å²) in [6.45, 7) is 1.09. The predicted molar refractivity (Wildman–Crippen MR) is 77.9 cm³/mol. The molecular formula is C16H16N2O2. The Balaban J connectivity index is 1.83. The Morgan fingerprint density at radius 2 is 2.10 bits per heavy atom. The van der Waals surface area contributed by atoms with E-state index in [-0.39, 0.29) is 5.91 Å². The third-order valence-electron chi connectivity index (χ3n) is 3.44. The van der Waals surface area contributed by atoms with Gasteiger partial charge >= 0.3 is 0 Å². The van der Waals surface area contributed by atoms with Crippen molar-refractivity contribution in [2.24, 2.45) is 5.73 Å². The molecule has 1 aliphatic rings. The highest BCUT2D eigenvalue weighted by atomic mass is 16.5. The molecule has 20 heavy (non-hydrogen) atoms. The first kappa shape index (κ1) is 12.7. The molecule has 0 saturated carbocycles. The van der Waals surface area contributed by atoms with E-state index in [0.29, 0.717) is 18.7 Å². The Hall–Kier alpha value is -2.33. The van der Waals surface area contributed by atoms with Crippen molar-refractivity contribution in [2.45, 2.75) is 13.0 Å². The van der Waals surface area contributed by atoms with E-state index in [1.54, 1.807) is 6.07 Å². The van der Waals surface area contributed by atoms with Gasteiger partial charge in [0.1, 0.15) is 5.75 Å². The first-order valence-corrected chi connectivity index (χ1v) is 6.63. The van der Waals surface area contributed by atoms with Crippen LogP contribution in [0.1, 0.15) is 21.5 Å². The fraction of sp³-hybridized carbons (Fsp3) is 0.188. The molecule has 1 amide bonds. The molecule has 2 aromatic carbocycles. The first-order valence-electron chi connectivity index (χ1n) is 6.63. The van der Waals surface area contributed by atoms with Crippen LogP contribution in [0, 0.1) is 0 Å². The van der Waals surface area contributed by atoms with E-state index in [1.165, 1.54) is 0 Å². The molecule has 0 spiro atoms. The molecule has 3 N–H and O–H groups in total. The smallest absolute Gasteiger partial charge is 0.255 e. The van der Waals surface area contributed by atoms with Gasteiger partial charge in [-0.1, -0.05) is 18.2 Å². The van der Waals surface area contributed by atoms with E-state index in [9.17, 15) is 4.79 Å². The number of rotatable bonds is 3. The van der Waals surface area contributed by atoms with Crippen LogP contribution < -0.4 is 15.8 Å². The summed E-state index contributed by atoms with van der Waals surface area (Å²) in [6, 6.07) is 13.1. The van der Waals surface area contributed by atoms with Crippen LogP contribution >= 0.6 is 0 Å². The van der Waals surface area contributed by atoms with Gasteiger partial charge in [0.15, 0.2) is 0 Å². The van der Waals surface area contributed by atoms with Crippen LogP contribution in [0.2, 0.25) is 0 Å². The fourth-order valence-electron chi connectivity index (χ4n) is 2.34. The number of para-hydroxylation sites is 1. The molecule has 0 aliphatic carbocycles. The minimum atomic E-state index is -0.124. The summed E-state index contributed by atoms with van der Waals surface area (Å²) in [6.07, 6.45) is 0.857. The highest BCUT2D eigenvalue weighted by Gasteiger charge is 2.15. The number of nitrogens with two attached hydrogens (primary N) is 1. The molecule has 0 fully saturated rings. The maximum atomic E-state index is 12.3. The summed E-state index contributed by atoms with van der Waals surface area (Å²) in [5.41, 5.74) is 9.08. The molecule has 0 radical (unpaired) electrons. The summed E-state index contributed by atoms with van der Waals surface area (Å²) in [7, 11) is 0. The summed E-state index contributed by atoms with van der Waals surface area (Å²) in [4.78, 5) is 12.3. The summed E-state index contributed by atoms with van der Waals surface area (Å²) < 4.78 is 5.44. The lowest BCUT2D eigenvalue weighted by Crippen LogP contribution is -2.14. The van der Waals surface area contributed by atoms with Gasteiger partial charge in [0.2, 0.25) is 0 Å². The Kier molecular flexibility index (Phi) is 3.39. The number of hydrogen-bond donors (Lipinski definition) is 2. The summed E-state index contributed by atoms with van der Waals surface area (Å²) in [5, 5.41) is 2.91. The number of anilines is 1. The average Bonchev–Trinajstić information content (AvgIpc) is 2.95. The Morgan fingerprint density at radius 1 is 1.25 bits per heavy atom. The van der Waals surface area contributed by atoms with Gasteiger partial charge in [0.05, 0.1) is 6.61 Å². The maximum Gasteiger partial charge on any atom is 0.255 e. The number of benzene rings is 2. The molecule has 3 rings (SSSR count). The molecule has 0 unspecified atom stereocenters. The largest absolute Gasteiger partial charge is 0.493 e. The van der Waals surface area contributed by atoms with Gasteiger partial charge in [-0.2, -0.15) is 0 Å². The van der Waals surface area contributed by atoms with Crippen molar-refractivity contribution in [1.29, 1.82) is 0 Å². The van der Waals surface area contributed by atoms with Crippen molar-refractivity contribution in [2.75, 3.05) is 11.9 Å². The van der Waals surface area contributed by atoms with Crippen LogP contribution in [0.3, 0.4) is 0 Å². The second kappa shape index (κ2) is 5.35. The summed E-state index contributed by atoms with van der Waals surface area (Å²) in [5.74, 6) is 0.754. The Morgan fingerprint density at radius 3 is 2.95 bits per heavy atom. The number of ether oxygens (including phenoxy) is 1. The van der Waals surface area contributed by atoms with Crippen LogP contribution in [0.5, 0.6) is 5.75 Å². The van der Waals surface area contributed by atoms with E-state index in [2.05, 4.69) is 5.32 Å². The van der Waals surface area contributed by atoms with Crippen LogP contribution in [0.15, 0.2) is 42.5 Å². The molecule has 1 aliphatic heterocycles. The van der Waals surface area contributed by atoms with Crippen LogP contribution in [-0.2, 0) is 13.0 Å². The van der Waals surface area contributed by atoms with Crippen LogP contribution in [0.4, 0.5) is 5.69 Å². The van der Waals surface area contributed by atoms with E-state index in [4.69, 9.17) is 10.5 Å². The van der Waals surface area contributed by atoms with Crippen LogP contribution in [-0.4, -0.2) is 12.5 Å². The lowest BCUT2D eigenvalue weighted by atomic mass is 10.1. The number of nitrogens with one attached hydrogen (secondary N) is 1. The minimum Gasteiger partial charge on any atom is -0.493 e. The highest BCUT2D eigenvalue weighted by Crippen LogP contribution is 2.26. The first-order chi connectivity index (χ1) is 9.78. The third kappa shape index (κ3) is 2.38. The number of hydrogen-bond acceptors (Lipinski definition) is 3. The molecule has 4 heteroatoms. The lowest BCUT2D eigenvalue weighted by molar-refractivity contribution is 0.102. The molecule has 0 atom stereocenters. The van der Waals surface area contributed by atoms with Crippen molar-refractivity contribution < 1.29 is 9.53 Å². The number of fused-ring (bicyclic) bond motifs is 1. The zero-order valence-corrected chi connectivity index (χ0v) is 11.1. The minimum absolute atomic E-state index is 0.124. The molecule has 102 valence electrons. The molecular weight excluding hydrogens is 252 g/mol.